The molecule has 0 saturated heterocycles. The van der Waals surface area contributed by atoms with Gasteiger partial charge in [0.2, 0.25) is 11.9 Å². The number of benzene rings is 1. The first-order valence-corrected chi connectivity index (χ1v) is 6.10. The molecule has 7 heteroatoms. The zero-order valence-electron chi connectivity index (χ0n) is 10.6. The highest BCUT2D eigenvalue weighted by Crippen LogP contribution is 2.14. The highest BCUT2D eigenvalue weighted by Gasteiger charge is 2.07. The van der Waals surface area contributed by atoms with E-state index in [1.807, 2.05) is 30.3 Å². The van der Waals surface area contributed by atoms with Gasteiger partial charge in [-0.1, -0.05) is 30.3 Å². The molecule has 7 nitrogen and oxygen atoms in total. The number of hydrogen-bond acceptors (Lipinski definition) is 6. The maximum absolute atomic E-state index is 5.70. The van der Waals surface area contributed by atoms with Crippen molar-refractivity contribution < 1.29 is 0 Å². The topological polar surface area (TPSA) is 105 Å². The van der Waals surface area contributed by atoms with Crippen LogP contribution in [0.25, 0.3) is 11.5 Å². The van der Waals surface area contributed by atoms with Crippen molar-refractivity contribution in [3.8, 4) is 11.5 Å². The summed E-state index contributed by atoms with van der Waals surface area (Å²) in [7, 11) is 0. The Hall–Kier alpha value is -2.96. The molecule has 1 aromatic carbocycles. The highest BCUT2D eigenvalue weighted by molar-refractivity contribution is 5.52. The molecular formula is C13H13N7. The van der Waals surface area contributed by atoms with Gasteiger partial charge >= 0.3 is 0 Å². The maximum Gasteiger partial charge on any atom is 0.228 e. The molecule has 0 bridgehead atoms. The number of rotatable bonds is 4. The van der Waals surface area contributed by atoms with Gasteiger partial charge in [-0.15, -0.1) is 0 Å². The summed E-state index contributed by atoms with van der Waals surface area (Å²) in [5.41, 5.74) is 7.53. The molecule has 20 heavy (non-hydrogen) atoms. The molecule has 0 atom stereocenters. The number of nitrogen functional groups attached to an aromatic ring is 1. The predicted octanol–water partition coefficient (Wildman–Crippen LogP) is 1.46. The van der Waals surface area contributed by atoms with Crippen LogP contribution < -0.4 is 11.1 Å². The molecule has 0 aliphatic heterocycles. The second-order valence-corrected chi connectivity index (χ2v) is 4.15. The SMILES string of the molecule is Nc1nc(NCc2ccccc2)nc(-c2ccn[nH]2)n1. The van der Waals surface area contributed by atoms with Crippen LogP contribution in [0.15, 0.2) is 42.6 Å². The molecule has 0 unspecified atom stereocenters. The van der Waals surface area contributed by atoms with Gasteiger partial charge in [0.15, 0.2) is 5.82 Å². The van der Waals surface area contributed by atoms with Crippen LogP contribution in [0, 0.1) is 0 Å². The predicted molar refractivity (Wildman–Crippen MR) is 75.6 cm³/mol. The molecule has 100 valence electrons. The van der Waals surface area contributed by atoms with Crippen LogP contribution in [0.4, 0.5) is 11.9 Å². The van der Waals surface area contributed by atoms with E-state index in [-0.39, 0.29) is 5.95 Å². The molecule has 0 saturated carbocycles. The summed E-state index contributed by atoms with van der Waals surface area (Å²) in [6.45, 7) is 0.618. The minimum absolute atomic E-state index is 0.167. The number of nitrogens with one attached hydrogen (secondary N) is 2. The maximum atomic E-state index is 5.70. The van der Waals surface area contributed by atoms with Crippen molar-refractivity contribution in [2.24, 2.45) is 0 Å². The van der Waals surface area contributed by atoms with E-state index in [1.54, 1.807) is 12.3 Å². The van der Waals surface area contributed by atoms with Crippen molar-refractivity contribution in [1.29, 1.82) is 0 Å². The van der Waals surface area contributed by atoms with Crippen LogP contribution in [0.1, 0.15) is 5.56 Å². The van der Waals surface area contributed by atoms with Crippen molar-refractivity contribution in [3.05, 3.63) is 48.2 Å². The quantitative estimate of drug-likeness (QED) is 0.660. The Labute approximate surface area is 115 Å². The monoisotopic (exact) mass is 267 g/mol. The fourth-order valence-electron chi connectivity index (χ4n) is 1.75. The molecule has 0 spiro atoms. The molecule has 0 aliphatic carbocycles. The van der Waals surface area contributed by atoms with E-state index in [9.17, 15) is 0 Å². The van der Waals surface area contributed by atoms with Gasteiger partial charge in [0.1, 0.15) is 5.69 Å². The van der Waals surface area contributed by atoms with Gasteiger partial charge in [0.05, 0.1) is 0 Å². The van der Waals surface area contributed by atoms with Crippen LogP contribution in [-0.4, -0.2) is 25.1 Å². The summed E-state index contributed by atoms with van der Waals surface area (Å²) in [5.74, 6) is 1.07. The number of nitrogens with zero attached hydrogens (tertiary/aromatic N) is 4. The number of hydrogen-bond donors (Lipinski definition) is 3. The lowest BCUT2D eigenvalue weighted by Crippen LogP contribution is -2.08. The zero-order chi connectivity index (χ0) is 13.8. The first kappa shape index (κ1) is 12.1. The smallest absolute Gasteiger partial charge is 0.228 e. The van der Waals surface area contributed by atoms with E-state index in [0.717, 1.165) is 5.56 Å². The Morgan fingerprint density at radius 2 is 1.90 bits per heavy atom. The van der Waals surface area contributed by atoms with Crippen molar-refractivity contribution in [2.45, 2.75) is 6.54 Å². The number of nitrogens with two attached hydrogens (primary N) is 1. The van der Waals surface area contributed by atoms with Crippen molar-refractivity contribution in [3.63, 3.8) is 0 Å². The lowest BCUT2D eigenvalue weighted by molar-refractivity contribution is 1.00. The Balaban J connectivity index is 1.80. The minimum Gasteiger partial charge on any atom is -0.368 e. The minimum atomic E-state index is 0.167. The van der Waals surface area contributed by atoms with Gasteiger partial charge in [-0.3, -0.25) is 5.10 Å². The second-order valence-electron chi connectivity index (χ2n) is 4.15. The summed E-state index contributed by atoms with van der Waals surface area (Å²) < 4.78 is 0. The Morgan fingerprint density at radius 3 is 2.65 bits per heavy atom. The normalized spacial score (nSPS) is 10.4. The van der Waals surface area contributed by atoms with Crippen LogP contribution in [0.3, 0.4) is 0 Å². The van der Waals surface area contributed by atoms with E-state index in [4.69, 9.17) is 5.73 Å². The molecular weight excluding hydrogens is 254 g/mol. The summed E-state index contributed by atoms with van der Waals surface area (Å²) >= 11 is 0. The Bertz CT molecular complexity index is 679. The number of H-pyrrole nitrogens is 1. The second kappa shape index (κ2) is 5.35. The van der Waals surface area contributed by atoms with Crippen LogP contribution >= 0.6 is 0 Å². The standard InChI is InChI=1S/C13H13N7/c14-12-17-11(10-6-7-16-20-10)18-13(19-12)15-8-9-4-2-1-3-5-9/h1-7H,8H2,(H,16,20)(H3,14,15,17,18,19). The van der Waals surface area contributed by atoms with Gasteiger partial charge in [-0.25, -0.2) is 0 Å². The first-order chi connectivity index (χ1) is 9.81. The number of anilines is 2. The lowest BCUT2D eigenvalue weighted by Gasteiger charge is -2.06. The average molecular weight is 267 g/mol. The number of aromatic amines is 1. The van der Waals surface area contributed by atoms with Crippen molar-refractivity contribution in [2.75, 3.05) is 11.1 Å². The third kappa shape index (κ3) is 2.72. The molecule has 2 aromatic heterocycles. The first-order valence-electron chi connectivity index (χ1n) is 6.10. The number of aromatic nitrogens is 5. The zero-order valence-corrected chi connectivity index (χ0v) is 10.6. The van der Waals surface area contributed by atoms with E-state index < -0.39 is 0 Å². The largest absolute Gasteiger partial charge is 0.368 e. The fraction of sp³-hybridized carbons (Fsp3) is 0.0769. The van der Waals surface area contributed by atoms with Crippen molar-refractivity contribution >= 4 is 11.9 Å². The molecule has 0 fully saturated rings. The van der Waals surface area contributed by atoms with Gasteiger partial charge < -0.3 is 11.1 Å². The van der Waals surface area contributed by atoms with Gasteiger partial charge in [-0.2, -0.15) is 20.1 Å². The van der Waals surface area contributed by atoms with E-state index in [2.05, 4.69) is 30.5 Å². The summed E-state index contributed by atoms with van der Waals surface area (Å²) in [6.07, 6.45) is 1.63. The fourth-order valence-corrected chi connectivity index (χ4v) is 1.75. The Morgan fingerprint density at radius 1 is 1.05 bits per heavy atom. The Kier molecular flexibility index (Phi) is 3.24. The lowest BCUT2D eigenvalue weighted by atomic mass is 10.2. The molecule has 0 radical (unpaired) electrons. The van der Waals surface area contributed by atoms with Gasteiger partial charge in [0.25, 0.3) is 0 Å². The highest BCUT2D eigenvalue weighted by atomic mass is 15.2. The van der Waals surface area contributed by atoms with E-state index >= 15 is 0 Å². The molecule has 2 heterocycles. The van der Waals surface area contributed by atoms with Crippen LogP contribution in [0.2, 0.25) is 0 Å². The molecule has 3 aromatic rings. The average Bonchev–Trinajstić information content (AvgIpc) is 3.00. The van der Waals surface area contributed by atoms with Gasteiger partial charge in [-0.05, 0) is 11.6 Å². The van der Waals surface area contributed by atoms with Crippen LogP contribution in [-0.2, 0) is 6.54 Å². The van der Waals surface area contributed by atoms with Crippen LogP contribution in [0.5, 0.6) is 0 Å². The summed E-state index contributed by atoms with van der Waals surface area (Å²) in [6, 6.07) is 11.8. The van der Waals surface area contributed by atoms with E-state index in [1.165, 1.54) is 0 Å². The van der Waals surface area contributed by atoms with E-state index in [0.29, 0.717) is 24.0 Å². The molecule has 0 amide bonds. The third-order valence-corrected chi connectivity index (χ3v) is 2.69. The molecule has 0 aliphatic rings. The molecule has 3 rings (SSSR count). The molecule has 4 N–H and O–H groups in total. The third-order valence-electron chi connectivity index (χ3n) is 2.69. The summed E-state index contributed by atoms with van der Waals surface area (Å²) in [4.78, 5) is 12.5. The van der Waals surface area contributed by atoms with Gasteiger partial charge in [0, 0.05) is 12.7 Å². The van der Waals surface area contributed by atoms with Crippen molar-refractivity contribution in [1.82, 2.24) is 25.1 Å². The summed E-state index contributed by atoms with van der Waals surface area (Å²) in [5, 5.41) is 9.79.